The van der Waals surface area contributed by atoms with Crippen LogP contribution in [0.1, 0.15) is 34.3 Å². The number of carbonyl (C=O) groups excluding carboxylic acids is 1. The largest absolute Gasteiger partial charge is 0.389 e. The SMILES string of the molecule is O=C(c1ccccc1)C(Cc1ccccc1)OCC(O)CN1CCC(O)(c2ccc(Cl)cc2)CC1. The molecule has 6 heteroatoms. The summed E-state index contributed by atoms with van der Waals surface area (Å²) in [4.78, 5) is 15.3. The molecular weight excluding hydrogens is 462 g/mol. The van der Waals surface area contributed by atoms with E-state index < -0.39 is 17.8 Å². The lowest BCUT2D eigenvalue weighted by molar-refractivity contribution is -0.0483. The molecule has 2 N–H and O–H groups in total. The Hall–Kier alpha value is -2.54. The van der Waals surface area contributed by atoms with Crippen LogP contribution < -0.4 is 0 Å². The highest BCUT2D eigenvalue weighted by Gasteiger charge is 2.34. The second-order valence-electron chi connectivity index (χ2n) is 9.23. The number of carbonyl (C=O) groups is 1. The second kappa shape index (κ2) is 11.9. The number of Topliss-reactive ketones (excluding diaryl/α,β-unsaturated/α-hetero) is 1. The Morgan fingerprint density at radius 1 is 0.943 bits per heavy atom. The molecule has 4 rings (SSSR count). The maximum Gasteiger partial charge on any atom is 0.191 e. The van der Waals surface area contributed by atoms with Crippen molar-refractivity contribution in [2.75, 3.05) is 26.2 Å². The summed E-state index contributed by atoms with van der Waals surface area (Å²) in [5.74, 6) is -0.0901. The number of aliphatic hydroxyl groups excluding tert-OH is 1. The number of hydrogen-bond donors (Lipinski definition) is 2. The van der Waals surface area contributed by atoms with E-state index in [1.807, 2.05) is 60.7 Å². The first-order valence-electron chi connectivity index (χ1n) is 12.1. The Kier molecular flexibility index (Phi) is 8.71. The lowest BCUT2D eigenvalue weighted by Gasteiger charge is -2.39. The van der Waals surface area contributed by atoms with Crippen molar-refractivity contribution in [2.45, 2.75) is 37.1 Å². The molecule has 1 saturated heterocycles. The van der Waals surface area contributed by atoms with Crippen LogP contribution in [0.2, 0.25) is 5.02 Å². The van der Waals surface area contributed by atoms with E-state index in [2.05, 4.69) is 4.90 Å². The maximum atomic E-state index is 13.1. The highest BCUT2D eigenvalue weighted by Crippen LogP contribution is 2.33. The fourth-order valence-electron chi connectivity index (χ4n) is 4.58. The third-order valence-electron chi connectivity index (χ3n) is 6.64. The maximum absolute atomic E-state index is 13.1. The van der Waals surface area contributed by atoms with E-state index in [4.69, 9.17) is 16.3 Å². The summed E-state index contributed by atoms with van der Waals surface area (Å²) in [6.07, 6.45) is 0.180. The predicted molar refractivity (Wildman–Crippen MR) is 138 cm³/mol. The number of nitrogens with zero attached hydrogens (tertiary/aromatic N) is 1. The number of ether oxygens (including phenoxy) is 1. The van der Waals surface area contributed by atoms with E-state index in [1.165, 1.54) is 0 Å². The minimum absolute atomic E-state index is 0.0635. The van der Waals surface area contributed by atoms with Crippen LogP contribution in [0.25, 0.3) is 0 Å². The van der Waals surface area contributed by atoms with Gasteiger partial charge in [-0.15, -0.1) is 0 Å². The third-order valence-corrected chi connectivity index (χ3v) is 6.89. The number of piperidine rings is 1. The fraction of sp³-hybridized carbons (Fsp3) is 0.345. The van der Waals surface area contributed by atoms with Crippen molar-refractivity contribution in [1.29, 1.82) is 0 Å². The van der Waals surface area contributed by atoms with Crippen LogP contribution in [-0.2, 0) is 16.8 Å². The van der Waals surface area contributed by atoms with E-state index >= 15 is 0 Å². The van der Waals surface area contributed by atoms with Crippen molar-refractivity contribution < 1.29 is 19.7 Å². The van der Waals surface area contributed by atoms with Gasteiger partial charge in [0.05, 0.1) is 18.3 Å². The van der Waals surface area contributed by atoms with Gasteiger partial charge in [0.15, 0.2) is 5.78 Å². The standard InChI is InChI=1S/C29H32ClNO4/c30-25-13-11-24(12-14-25)29(34)15-17-31(18-16-29)20-26(32)21-35-27(19-22-7-3-1-4-8-22)28(33)23-9-5-2-6-10-23/h1-14,26-27,32,34H,15-21H2. The quantitative estimate of drug-likeness (QED) is 0.407. The van der Waals surface area contributed by atoms with Crippen LogP contribution in [0.5, 0.6) is 0 Å². The highest BCUT2D eigenvalue weighted by molar-refractivity contribution is 6.30. The molecule has 0 spiro atoms. The molecule has 2 atom stereocenters. The van der Waals surface area contributed by atoms with Crippen molar-refractivity contribution >= 4 is 17.4 Å². The van der Waals surface area contributed by atoms with Crippen molar-refractivity contribution in [3.05, 3.63) is 107 Å². The lowest BCUT2D eigenvalue weighted by Crippen LogP contribution is -2.46. The normalized spacial score (nSPS) is 17.6. The van der Waals surface area contributed by atoms with Gasteiger partial charge in [-0.1, -0.05) is 84.4 Å². The number of ketones is 1. The fourth-order valence-corrected chi connectivity index (χ4v) is 4.70. The monoisotopic (exact) mass is 493 g/mol. The van der Waals surface area contributed by atoms with E-state index in [-0.39, 0.29) is 12.4 Å². The van der Waals surface area contributed by atoms with Gasteiger partial charge in [0, 0.05) is 36.6 Å². The molecule has 0 aliphatic carbocycles. The van der Waals surface area contributed by atoms with E-state index in [0.29, 0.717) is 49.5 Å². The van der Waals surface area contributed by atoms with Crippen LogP contribution >= 0.6 is 11.6 Å². The van der Waals surface area contributed by atoms with Gasteiger partial charge >= 0.3 is 0 Å². The summed E-state index contributed by atoms with van der Waals surface area (Å²) in [5, 5.41) is 22.4. The average molecular weight is 494 g/mol. The molecule has 1 aliphatic heterocycles. The average Bonchev–Trinajstić information content (AvgIpc) is 2.89. The van der Waals surface area contributed by atoms with Gasteiger partial charge in [-0.2, -0.15) is 0 Å². The molecule has 0 radical (unpaired) electrons. The topological polar surface area (TPSA) is 70.0 Å². The highest BCUT2D eigenvalue weighted by atomic mass is 35.5. The van der Waals surface area contributed by atoms with Gasteiger partial charge in [0.25, 0.3) is 0 Å². The molecule has 0 amide bonds. The summed E-state index contributed by atoms with van der Waals surface area (Å²) in [5.41, 5.74) is 1.59. The van der Waals surface area contributed by atoms with E-state index in [9.17, 15) is 15.0 Å². The Morgan fingerprint density at radius 2 is 1.54 bits per heavy atom. The summed E-state index contributed by atoms with van der Waals surface area (Å²) in [7, 11) is 0. The zero-order valence-corrected chi connectivity index (χ0v) is 20.5. The number of β-amino-alcohol motifs (C(OH)–C–C–N with tert-alkyl or cyclic N) is 1. The molecule has 1 fully saturated rings. The van der Waals surface area contributed by atoms with Gasteiger partial charge in [-0.25, -0.2) is 0 Å². The van der Waals surface area contributed by atoms with Crippen LogP contribution in [0.3, 0.4) is 0 Å². The minimum atomic E-state index is -0.884. The van der Waals surface area contributed by atoms with Gasteiger partial charge in [-0.3, -0.25) is 4.79 Å². The number of halogens is 1. The zero-order valence-electron chi connectivity index (χ0n) is 19.7. The van der Waals surface area contributed by atoms with Gasteiger partial charge in [0.1, 0.15) is 6.10 Å². The lowest BCUT2D eigenvalue weighted by atomic mass is 9.84. The third kappa shape index (κ3) is 7.00. The first-order chi connectivity index (χ1) is 16.9. The van der Waals surface area contributed by atoms with Crippen LogP contribution in [0, 0.1) is 0 Å². The summed E-state index contributed by atoms with van der Waals surface area (Å²) in [6, 6.07) is 26.2. The first kappa shape index (κ1) is 25.5. The molecule has 2 unspecified atom stereocenters. The first-order valence-corrected chi connectivity index (χ1v) is 12.4. The van der Waals surface area contributed by atoms with E-state index in [1.54, 1.807) is 24.3 Å². The van der Waals surface area contributed by atoms with Gasteiger partial charge in [-0.05, 0) is 36.1 Å². The van der Waals surface area contributed by atoms with Crippen molar-refractivity contribution in [2.24, 2.45) is 0 Å². The Morgan fingerprint density at radius 3 is 2.17 bits per heavy atom. The van der Waals surface area contributed by atoms with Crippen molar-refractivity contribution in [1.82, 2.24) is 4.90 Å². The summed E-state index contributed by atoms with van der Waals surface area (Å²) >= 11 is 5.98. The zero-order chi connectivity index (χ0) is 24.7. The molecule has 3 aromatic carbocycles. The minimum Gasteiger partial charge on any atom is -0.389 e. The molecule has 3 aromatic rings. The van der Waals surface area contributed by atoms with Crippen molar-refractivity contribution in [3.63, 3.8) is 0 Å². The molecule has 35 heavy (non-hydrogen) atoms. The molecule has 0 saturated carbocycles. The molecular formula is C29H32ClNO4. The van der Waals surface area contributed by atoms with Gasteiger partial charge in [0.2, 0.25) is 0 Å². The molecule has 0 aromatic heterocycles. The van der Waals surface area contributed by atoms with Crippen LogP contribution in [-0.4, -0.2) is 59.3 Å². The molecule has 0 bridgehead atoms. The van der Waals surface area contributed by atoms with Gasteiger partial charge < -0.3 is 19.8 Å². The summed E-state index contributed by atoms with van der Waals surface area (Å²) in [6.45, 7) is 1.81. The smallest absolute Gasteiger partial charge is 0.191 e. The number of benzene rings is 3. The number of likely N-dealkylation sites (tertiary alicyclic amines) is 1. The number of hydrogen-bond acceptors (Lipinski definition) is 5. The summed E-state index contributed by atoms with van der Waals surface area (Å²) < 4.78 is 6.00. The van der Waals surface area contributed by atoms with Crippen molar-refractivity contribution in [3.8, 4) is 0 Å². The number of aliphatic hydroxyl groups is 2. The molecule has 1 aliphatic rings. The van der Waals surface area contributed by atoms with E-state index in [0.717, 1.165) is 11.1 Å². The molecule has 184 valence electrons. The Labute approximate surface area is 211 Å². The van der Waals surface area contributed by atoms with Crippen LogP contribution in [0.15, 0.2) is 84.9 Å². The Bertz CT molecular complexity index is 1070. The molecule has 5 nitrogen and oxygen atoms in total. The van der Waals surface area contributed by atoms with Crippen LogP contribution in [0.4, 0.5) is 0 Å². The Balaban J connectivity index is 1.31. The predicted octanol–water partition coefficient (Wildman–Crippen LogP) is 4.50. The second-order valence-corrected chi connectivity index (χ2v) is 9.67. The number of rotatable bonds is 10. The molecule has 1 heterocycles.